The number of nitro benzene ring substituents is 1. The molecule has 0 aliphatic carbocycles. The summed E-state index contributed by atoms with van der Waals surface area (Å²) in [6.07, 6.45) is 2.98. The topological polar surface area (TPSA) is 107 Å². The van der Waals surface area contributed by atoms with Crippen LogP contribution in [-0.4, -0.2) is 14.9 Å². The van der Waals surface area contributed by atoms with Crippen molar-refractivity contribution in [2.75, 3.05) is 5.43 Å². The lowest BCUT2D eigenvalue weighted by Gasteiger charge is -2.05. The Balaban J connectivity index is 2.52. The number of nitro groups is 1. The van der Waals surface area contributed by atoms with Gasteiger partial charge in [0.25, 0.3) is 5.69 Å². The molecule has 0 amide bonds. The third kappa shape index (κ3) is 2.18. The highest BCUT2D eigenvalue weighted by molar-refractivity contribution is 5.72. The van der Waals surface area contributed by atoms with Crippen molar-refractivity contribution in [3.05, 3.63) is 46.8 Å². The van der Waals surface area contributed by atoms with Crippen LogP contribution in [0.3, 0.4) is 0 Å². The van der Waals surface area contributed by atoms with Gasteiger partial charge in [0, 0.05) is 30.1 Å². The van der Waals surface area contributed by atoms with Crippen molar-refractivity contribution in [3.63, 3.8) is 0 Å². The lowest BCUT2D eigenvalue weighted by atomic mass is 10.1. The van der Waals surface area contributed by atoms with Gasteiger partial charge in [0.2, 0.25) is 0 Å². The maximum atomic E-state index is 10.7. The zero-order chi connectivity index (χ0) is 12.3. The number of hydrogen-bond acceptors (Lipinski definition) is 6. The number of anilines is 1. The van der Waals surface area contributed by atoms with Gasteiger partial charge in [-0.1, -0.05) is 12.1 Å². The van der Waals surface area contributed by atoms with E-state index in [1.54, 1.807) is 12.1 Å². The van der Waals surface area contributed by atoms with Crippen LogP contribution in [0.25, 0.3) is 11.3 Å². The summed E-state index contributed by atoms with van der Waals surface area (Å²) in [5.41, 5.74) is 3.45. The standard InChI is InChI=1S/C10H9N5O2/c11-14-10-9(12-4-5-13-10)7-2-1-3-8(6-7)15(16)17/h1-6H,11H2,(H,13,14). The van der Waals surface area contributed by atoms with E-state index in [1.165, 1.54) is 24.5 Å². The number of rotatable bonds is 3. The molecule has 1 aromatic heterocycles. The van der Waals surface area contributed by atoms with Gasteiger partial charge in [-0.2, -0.15) is 0 Å². The van der Waals surface area contributed by atoms with E-state index in [2.05, 4.69) is 15.4 Å². The van der Waals surface area contributed by atoms with E-state index >= 15 is 0 Å². The zero-order valence-corrected chi connectivity index (χ0v) is 8.70. The summed E-state index contributed by atoms with van der Waals surface area (Å²) in [6, 6.07) is 6.13. The van der Waals surface area contributed by atoms with E-state index in [0.29, 0.717) is 17.1 Å². The largest absolute Gasteiger partial charge is 0.307 e. The first-order valence-electron chi connectivity index (χ1n) is 4.75. The number of nitrogens with one attached hydrogen (secondary N) is 1. The fourth-order valence-electron chi connectivity index (χ4n) is 1.42. The number of aromatic nitrogens is 2. The Hall–Kier alpha value is -2.54. The van der Waals surface area contributed by atoms with Gasteiger partial charge in [0.15, 0.2) is 5.82 Å². The number of non-ortho nitro benzene ring substituents is 1. The lowest BCUT2D eigenvalue weighted by Crippen LogP contribution is -2.10. The Kier molecular flexibility index (Phi) is 2.93. The van der Waals surface area contributed by atoms with E-state index in [0.717, 1.165) is 0 Å². The van der Waals surface area contributed by atoms with Crippen LogP contribution in [-0.2, 0) is 0 Å². The van der Waals surface area contributed by atoms with Crippen molar-refractivity contribution in [2.45, 2.75) is 0 Å². The van der Waals surface area contributed by atoms with Crippen LogP contribution >= 0.6 is 0 Å². The Labute approximate surface area is 96.4 Å². The van der Waals surface area contributed by atoms with Crippen LogP contribution in [0.1, 0.15) is 0 Å². The minimum absolute atomic E-state index is 0.00359. The molecule has 17 heavy (non-hydrogen) atoms. The molecule has 0 radical (unpaired) electrons. The normalized spacial score (nSPS) is 9.94. The number of benzene rings is 1. The molecule has 0 aliphatic heterocycles. The van der Waals surface area contributed by atoms with Crippen LogP contribution in [0, 0.1) is 10.1 Å². The SMILES string of the molecule is NNc1nccnc1-c1cccc([N+](=O)[O-])c1. The van der Waals surface area contributed by atoms with Crippen molar-refractivity contribution in [1.82, 2.24) is 9.97 Å². The Morgan fingerprint density at radius 2 is 2.06 bits per heavy atom. The van der Waals surface area contributed by atoms with E-state index in [1.807, 2.05) is 0 Å². The molecule has 1 aromatic carbocycles. The van der Waals surface area contributed by atoms with E-state index in [9.17, 15) is 10.1 Å². The Morgan fingerprint density at radius 1 is 1.29 bits per heavy atom. The lowest BCUT2D eigenvalue weighted by molar-refractivity contribution is -0.384. The maximum absolute atomic E-state index is 10.7. The number of hydrogen-bond donors (Lipinski definition) is 2. The smallest absolute Gasteiger partial charge is 0.270 e. The van der Waals surface area contributed by atoms with Crippen molar-refractivity contribution >= 4 is 11.5 Å². The average Bonchev–Trinajstić information content (AvgIpc) is 2.39. The molecule has 0 bridgehead atoms. The van der Waals surface area contributed by atoms with Gasteiger partial charge < -0.3 is 5.43 Å². The second kappa shape index (κ2) is 4.54. The molecule has 1 heterocycles. The third-order valence-corrected chi connectivity index (χ3v) is 2.17. The average molecular weight is 231 g/mol. The van der Waals surface area contributed by atoms with Crippen molar-refractivity contribution in [3.8, 4) is 11.3 Å². The first-order valence-corrected chi connectivity index (χ1v) is 4.75. The molecule has 7 heteroatoms. The first kappa shape index (κ1) is 11.0. The van der Waals surface area contributed by atoms with Crippen molar-refractivity contribution < 1.29 is 4.92 Å². The zero-order valence-electron chi connectivity index (χ0n) is 8.70. The molecule has 0 spiro atoms. The molecule has 0 fully saturated rings. The summed E-state index contributed by atoms with van der Waals surface area (Å²) in [6.45, 7) is 0. The summed E-state index contributed by atoms with van der Waals surface area (Å²) >= 11 is 0. The van der Waals surface area contributed by atoms with Crippen molar-refractivity contribution in [1.29, 1.82) is 0 Å². The number of nitrogen functional groups attached to an aromatic ring is 1. The fourth-order valence-corrected chi connectivity index (χ4v) is 1.42. The molecule has 2 rings (SSSR count). The molecular formula is C10H9N5O2. The summed E-state index contributed by atoms with van der Waals surface area (Å²) in [5.74, 6) is 5.67. The maximum Gasteiger partial charge on any atom is 0.270 e. The summed E-state index contributed by atoms with van der Waals surface area (Å²) in [5, 5.41) is 10.7. The molecular weight excluding hydrogens is 222 g/mol. The Morgan fingerprint density at radius 3 is 2.76 bits per heavy atom. The summed E-state index contributed by atoms with van der Waals surface area (Å²) in [7, 11) is 0. The number of hydrazine groups is 1. The first-order chi connectivity index (χ1) is 8.22. The van der Waals surface area contributed by atoms with Crippen LogP contribution < -0.4 is 11.3 Å². The van der Waals surface area contributed by atoms with Crippen LogP contribution in [0.5, 0.6) is 0 Å². The Bertz CT molecular complexity index is 558. The molecule has 3 N–H and O–H groups in total. The molecule has 0 unspecified atom stereocenters. The van der Waals surface area contributed by atoms with E-state index in [-0.39, 0.29) is 5.69 Å². The van der Waals surface area contributed by atoms with Gasteiger partial charge in [-0.05, 0) is 0 Å². The summed E-state index contributed by atoms with van der Waals surface area (Å²) in [4.78, 5) is 18.3. The van der Waals surface area contributed by atoms with Gasteiger partial charge in [-0.15, -0.1) is 0 Å². The molecule has 0 atom stereocenters. The van der Waals surface area contributed by atoms with E-state index < -0.39 is 4.92 Å². The van der Waals surface area contributed by atoms with Crippen LogP contribution in [0.4, 0.5) is 11.5 Å². The van der Waals surface area contributed by atoms with Gasteiger partial charge in [0.05, 0.1) is 4.92 Å². The van der Waals surface area contributed by atoms with Gasteiger partial charge in [0.1, 0.15) is 5.69 Å². The highest BCUT2D eigenvalue weighted by Gasteiger charge is 2.11. The monoisotopic (exact) mass is 231 g/mol. The molecule has 7 nitrogen and oxygen atoms in total. The van der Waals surface area contributed by atoms with Gasteiger partial charge in [-0.3, -0.25) is 15.1 Å². The van der Waals surface area contributed by atoms with Gasteiger partial charge >= 0.3 is 0 Å². The minimum atomic E-state index is -0.463. The molecule has 0 saturated carbocycles. The summed E-state index contributed by atoms with van der Waals surface area (Å²) < 4.78 is 0. The predicted octanol–water partition coefficient (Wildman–Crippen LogP) is 1.34. The molecule has 0 aliphatic rings. The molecule has 86 valence electrons. The molecule has 0 saturated heterocycles. The van der Waals surface area contributed by atoms with Gasteiger partial charge in [-0.25, -0.2) is 10.8 Å². The third-order valence-electron chi connectivity index (χ3n) is 2.17. The van der Waals surface area contributed by atoms with Crippen molar-refractivity contribution in [2.24, 2.45) is 5.84 Å². The molecule has 2 aromatic rings. The van der Waals surface area contributed by atoms with Crippen LogP contribution in [0.15, 0.2) is 36.7 Å². The highest BCUT2D eigenvalue weighted by atomic mass is 16.6. The predicted molar refractivity (Wildman–Crippen MR) is 61.9 cm³/mol. The fraction of sp³-hybridized carbons (Fsp3) is 0. The quantitative estimate of drug-likeness (QED) is 0.469. The second-order valence-electron chi connectivity index (χ2n) is 3.21. The number of nitrogens with two attached hydrogens (primary N) is 1. The second-order valence-corrected chi connectivity index (χ2v) is 3.21. The minimum Gasteiger partial charge on any atom is -0.307 e. The highest BCUT2D eigenvalue weighted by Crippen LogP contribution is 2.25. The number of nitrogens with zero attached hydrogens (tertiary/aromatic N) is 3. The van der Waals surface area contributed by atoms with Crippen LogP contribution in [0.2, 0.25) is 0 Å². The van der Waals surface area contributed by atoms with E-state index in [4.69, 9.17) is 5.84 Å².